The van der Waals surface area contributed by atoms with E-state index in [0.29, 0.717) is 11.6 Å². The van der Waals surface area contributed by atoms with Crippen LogP contribution in [0, 0.1) is 13.8 Å². The van der Waals surface area contributed by atoms with Gasteiger partial charge in [-0.15, -0.1) is 0 Å². The molecule has 15 heavy (non-hydrogen) atoms. The molecule has 1 rings (SSSR count). The first-order chi connectivity index (χ1) is 6.78. The van der Waals surface area contributed by atoms with Crippen LogP contribution in [0.5, 0.6) is 0 Å². The van der Waals surface area contributed by atoms with Crippen LogP contribution in [0.1, 0.15) is 18.1 Å². The van der Waals surface area contributed by atoms with Gasteiger partial charge in [-0.05, 0) is 13.8 Å². The average molecular weight is 223 g/mol. The molecule has 0 aliphatic heterocycles. The van der Waals surface area contributed by atoms with Crippen molar-refractivity contribution in [2.75, 3.05) is 0 Å². The molecule has 0 radical (unpaired) electrons. The minimum Gasteiger partial charge on any atom is -0.391 e. The van der Waals surface area contributed by atoms with Gasteiger partial charge in [-0.2, -0.15) is 18.3 Å². The molecule has 0 aromatic carbocycles. The first-order valence-corrected chi connectivity index (χ1v) is 4.41. The lowest BCUT2D eigenvalue weighted by Crippen LogP contribution is -2.25. The molecule has 1 N–H and O–H groups in total. The van der Waals surface area contributed by atoms with Crippen LogP contribution in [-0.4, -0.2) is 32.2 Å². The zero-order valence-corrected chi connectivity index (χ0v) is 8.41. The molecule has 0 bridgehead atoms. The fourth-order valence-electron chi connectivity index (χ4n) is 1.27. The molecule has 0 saturated heterocycles. The molecule has 0 aliphatic carbocycles. The molecular weight excluding hydrogens is 211 g/mol. The Morgan fingerprint density at radius 2 is 2.00 bits per heavy atom. The SMILES string of the molecule is Cc1nc(C)n(CC(O)CC(F)(F)F)n1. The lowest BCUT2D eigenvalue weighted by Gasteiger charge is -2.13. The van der Waals surface area contributed by atoms with E-state index in [1.807, 2.05) is 0 Å². The molecule has 0 spiro atoms. The van der Waals surface area contributed by atoms with Gasteiger partial charge in [0, 0.05) is 0 Å². The van der Waals surface area contributed by atoms with E-state index in [4.69, 9.17) is 5.11 Å². The summed E-state index contributed by atoms with van der Waals surface area (Å²) in [5, 5.41) is 13.0. The maximum absolute atomic E-state index is 11.9. The van der Waals surface area contributed by atoms with Gasteiger partial charge in [0.2, 0.25) is 0 Å². The van der Waals surface area contributed by atoms with Gasteiger partial charge < -0.3 is 5.11 Å². The topological polar surface area (TPSA) is 50.9 Å². The Hall–Kier alpha value is -1.11. The van der Waals surface area contributed by atoms with Gasteiger partial charge in [0.15, 0.2) is 0 Å². The maximum Gasteiger partial charge on any atom is 0.391 e. The Bertz CT molecular complexity index is 334. The van der Waals surface area contributed by atoms with Crippen molar-refractivity contribution in [3.8, 4) is 0 Å². The number of aliphatic hydroxyl groups excluding tert-OH is 1. The number of aliphatic hydroxyl groups is 1. The number of rotatable bonds is 3. The van der Waals surface area contributed by atoms with Crippen LogP contribution in [0.3, 0.4) is 0 Å². The molecule has 0 amide bonds. The molecule has 1 aromatic heterocycles. The predicted molar refractivity (Wildman–Crippen MR) is 46.2 cm³/mol. The van der Waals surface area contributed by atoms with Gasteiger partial charge in [-0.3, -0.25) is 0 Å². The van der Waals surface area contributed by atoms with Gasteiger partial charge in [0.05, 0.1) is 19.1 Å². The van der Waals surface area contributed by atoms with Crippen molar-refractivity contribution < 1.29 is 18.3 Å². The summed E-state index contributed by atoms with van der Waals surface area (Å²) in [5.74, 6) is 0.973. The highest BCUT2D eigenvalue weighted by Gasteiger charge is 2.31. The van der Waals surface area contributed by atoms with Crippen molar-refractivity contribution in [3.63, 3.8) is 0 Å². The molecule has 0 fully saturated rings. The molecule has 1 unspecified atom stereocenters. The van der Waals surface area contributed by atoms with Crippen LogP contribution in [-0.2, 0) is 6.54 Å². The van der Waals surface area contributed by atoms with Crippen molar-refractivity contribution in [2.24, 2.45) is 0 Å². The van der Waals surface area contributed by atoms with Crippen molar-refractivity contribution in [1.29, 1.82) is 0 Å². The second-order valence-electron chi connectivity index (χ2n) is 3.36. The number of aromatic nitrogens is 3. The molecule has 86 valence electrons. The Morgan fingerprint density at radius 1 is 1.40 bits per heavy atom. The van der Waals surface area contributed by atoms with Gasteiger partial charge in [0.25, 0.3) is 0 Å². The number of nitrogens with zero attached hydrogens (tertiary/aromatic N) is 3. The Labute approximate surface area is 84.7 Å². The Balaban J connectivity index is 2.58. The lowest BCUT2D eigenvalue weighted by molar-refractivity contribution is -0.154. The van der Waals surface area contributed by atoms with Crippen LogP contribution in [0.25, 0.3) is 0 Å². The summed E-state index contributed by atoms with van der Waals surface area (Å²) in [5.41, 5.74) is 0. The van der Waals surface area contributed by atoms with Crippen molar-refractivity contribution >= 4 is 0 Å². The first kappa shape index (κ1) is 12.0. The summed E-state index contributed by atoms with van der Waals surface area (Å²) in [6.45, 7) is 3.08. The summed E-state index contributed by atoms with van der Waals surface area (Å²) in [7, 11) is 0. The smallest absolute Gasteiger partial charge is 0.391 e. The predicted octanol–water partition coefficient (Wildman–Crippen LogP) is 1.21. The minimum absolute atomic E-state index is 0.188. The molecule has 1 heterocycles. The highest BCUT2D eigenvalue weighted by atomic mass is 19.4. The highest BCUT2D eigenvalue weighted by molar-refractivity contribution is 4.88. The summed E-state index contributed by atoms with van der Waals surface area (Å²) in [6, 6.07) is 0. The van der Waals surface area contributed by atoms with E-state index < -0.39 is 18.7 Å². The van der Waals surface area contributed by atoms with Crippen LogP contribution in [0.4, 0.5) is 13.2 Å². The number of aryl methyl sites for hydroxylation is 2. The second kappa shape index (κ2) is 4.18. The molecule has 7 heteroatoms. The van der Waals surface area contributed by atoms with Gasteiger partial charge >= 0.3 is 6.18 Å². The van der Waals surface area contributed by atoms with E-state index in [1.54, 1.807) is 13.8 Å². The van der Waals surface area contributed by atoms with E-state index >= 15 is 0 Å². The van der Waals surface area contributed by atoms with E-state index in [9.17, 15) is 13.2 Å². The van der Waals surface area contributed by atoms with Crippen LogP contribution >= 0.6 is 0 Å². The van der Waals surface area contributed by atoms with E-state index in [1.165, 1.54) is 4.68 Å². The monoisotopic (exact) mass is 223 g/mol. The van der Waals surface area contributed by atoms with Crippen molar-refractivity contribution in [3.05, 3.63) is 11.6 Å². The average Bonchev–Trinajstić information content (AvgIpc) is 2.25. The lowest BCUT2D eigenvalue weighted by atomic mass is 10.2. The van der Waals surface area contributed by atoms with E-state index in [2.05, 4.69) is 10.1 Å². The Morgan fingerprint density at radius 3 is 2.40 bits per heavy atom. The fourth-order valence-corrected chi connectivity index (χ4v) is 1.27. The first-order valence-electron chi connectivity index (χ1n) is 4.41. The van der Waals surface area contributed by atoms with Crippen molar-refractivity contribution in [1.82, 2.24) is 14.8 Å². The summed E-state index contributed by atoms with van der Waals surface area (Å²) >= 11 is 0. The Kier molecular flexibility index (Phi) is 3.33. The number of alkyl halides is 3. The molecule has 0 saturated carbocycles. The maximum atomic E-state index is 11.9. The molecule has 4 nitrogen and oxygen atoms in total. The quantitative estimate of drug-likeness (QED) is 0.837. The highest BCUT2D eigenvalue weighted by Crippen LogP contribution is 2.22. The van der Waals surface area contributed by atoms with Gasteiger partial charge in [0.1, 0.15) is 11.6 Å². The van der Waals surface area contributed by atoms with Crippen LogP contribution < -0.4 is 0 Å². The van der Waals surface area contributed by atoms with Crippen LogP contribution in [0.15, 0.2) is 0 Å². The second-order valence-corrected chi connectivity index (χ2v) is 3.36. The number of hydrogen-bond donors (Lipinski definition) is 1. The summed E-state index contributed by atoms with van der Waals surface area (Å²) < 4.78 is 37.0. The number of halogens is 3. The summed E-state index contributed by atoms with van der Waals surface area (Å²) in [6.07, 6.45) is -7.07. The fraction of sp³-hybridized carbons (Fsp3) is 0.750. The summed E-state index contributed by atoms with van der Waals surface area (Å²) in [4.78, 5) is 3.92. The van der Waals surface area contributed by atoms with Gasteiger partial charge in [-0.25, -0.2) is 9.67 Å². The molecule has 1 atom stereocenters. The molecule has 1 aromatic rings. The van der Waals surface area contributed by atoms with E-state index in [-0.39, 0.29) is 6.54 Å². The minimum atomic E-state index is -4.36. The zero-order valence-electron chi connectivity index (χ0n) is 8.41. The third kappa shape index (κ3) is 3.86. The van der Waals surface area contributed by atoms with E-state index in [0.717, 1.165) is 0 Å². The zero-order chi connectivity index (χ0) is 11.6. The standard InChI is InChI=1S/C8H12F3N3O/c1-5-12-6(2)14(13-5)4-7(15)3-8(9,10)11/h7,15H,3-4H2,1-2H3. The normalized spacial score (nSPS) is 14.3. The molecular formula is C8H12F3N3O. The van der Waals surface area contributed by atoms with Crippen LogP contribution in [0.2, 0.25) is 0 Å². The number of hydrogen-bond acceptors (Lipinski definition) is 3. The van der Waals surface area contributed by atoms with Gasteiger partial charge in [-0.1, -0.05) is 0 Å². The third-order valence-electron chi connectivity index (χ3n) is 1.81. The van der Waals surface area contributed by atoms with Crippen molar-refractivity contribution in [2.45, 2.75) is 39.1 Å². The largest absolute Gasteiger partial charge is 0.391 e. The molecule has 0 aliphatic rings. The third-order valence-corrected chi connectivity index (χ3v) is 1.81.